The number of allylic oxidation sites excluding steroid dienone is 1. The number of ether oxygens (including phenoxy) is 2. The Morgan fingerprint density at radius 3 is 2.19 bits per heavy atom. The monoisotopic (exact) mass is 810 g/mol. The van der Waals surface area contributed by atoms with E-state index in [2.05, 4.69) is 36.6 Å². The van der Waals surface area contributed by atoms with Crippen LogP contribution in [0.2, 0.25) is 18.1 Å². The molecule has 0 aliphatic heterocycles. The summed E-state index contributed by atoms with van der Waals surface area (Å²) in [4.78, 5) is 53.0. The Hall–Kier alpha value is -3.79. The van der Waals surface area contributed by atoms with E-state index < -0.39 is 49.1 Å². The van der Waals surface area contributed by atoms with Gasteiger partial charge in [-0.3, -0.25) is 19.3 Å². The van der Waals surface area contributed by atoms with Crippen molar-refractivity contribution in [3.63, 3.8) is 0 Å². The number of carbonyl (C=O) groups excluding carboxylic acids is 3. The van der Waals surface area contributed by atoms with Crippen molar-refractivity contribution in [2.45, 2.75) is 129 Å². The first-order valence-corrected chi connectivity index (χ1v) is 23.4. The molecule has 2 aromatic rings. The number of amides is 1. The van der Waals surface area contributed by atoms with E-state index in [1.54, 1.807) is 0 Å². The van der Waals surface area contributed by atoms with Gasteiger partial charge in [-0.2, -0.15) is 0 Å². The molecule has 2 heterocycles. The molecule has 3 N–H and O–H groups in total. The molecule has 57 heavy (non-hydrogen) atoms. The van der Waals surface area contributed by atoms with Gasteiger partial charge in [0.1, 0.15) is 17.1 Å². The zero-order valence-corrected chi connectivity index (χ0v) is 37.7. The fourth-order valence-electron chi connectivity index (χ4n) is 7.90. The van der Waals surface area contributed by atoms with Gasteiger partial charge in [0.15, 0.2) is 37.0 Å². The maximum Gasteiger partial charge on any atom is 0.265 e. The highest BCUT2D eigenvalue weighted by Crippen LogP contribution is 2.60. The second-order valence-corrected chi connectivity index (χ2v) is 23.5. The van der Waals surface area contributed by atoms with Crippen LogP contribution in [0, 0.1) is 11.8 Å². The molecule has 1 amide bonds. The molecule has 3 aliphatic rings. The third-order valence-corrected chi connectivity index (χ3v) is 16.3. The van der Waals surface area contributed by atoms with E-state index in [-0.39, 0.29) is 63.8 Å². The minimum Gasteiger partial charge on any atom is -0.508 e. The molecular formula is C42H66N6O8Si. The lowest BCUT2D eigenvalue weighted by molar-refractivity contribution is -0.115. The van der Waals surface area contributed by atoms with Gasteiger partial charge in [-0.15, -0.1) is 0 Å². The summed E-state index contributed by atoms with van der Waals surface area (Å²) in [7, 11) is 4.59. The molecule has 316 valence electrons. The van der Waals surface area contributed by atoms with Crippen LogP contribution in [0.5, 0.6) is 11.6 Å². The molecule has 0 saturated carbocycles. The lowest BCUT2D eigenvalue weighted by Gasteiger charge is -2.55. The number of aliphatic hydroxyl groups excluding tert-OH is 1. The predicted molar refractivity (Wildman–Crippen MR) is 223 cm³/mol. The van der Waals surface area contributed by atoms with Crippen LogP contribution in [0.3, 0.4) is 0 Å². The zero-order valence-electron chi connectivity index (χ0n) is 36.7. The van der Waals surface area contributed by atoms with Crippen molar-refractivity contribution in [1.29, 1.82) is 0 Å². The van der Waals surface area contributed by atoms with Crippen LogP contribution in [-0.2, 0) is 15.6 Å². The summed E-state index contributed by atoms with van der Waals surface area (Å²) in [5.74, 6) is -1.74. The van der Waals surface area contributed by atoms with Gasteiger partial charge in [0.05, 0.1) is 31.4 Å². The van der Waals surface area contributed by atoms with E-state index in [0.29, 0.717) is 43.0 Å². The standard InChI is InChI=1S/C42H66N6O8Si/c1-15-17-19-53-34-29-25(38(48(11)12)45-37(34)44-27(49)23-43-40(3,4)5)21-24-22-26-31(47(9)10)33-30(39(46-55-33)54-20-18-16-2)36(52)42(26,35(51)28(24)32(29)50)56-57(13,14)41(6,7)8/h24,26,31,43,51H,15-23H2,1-14H3,(H,44,45,49)/t24-,26-,31-,42-/m0/s1. The molecule has 0 unspecified atom stereocenters. The number of carbonyl (C=O) groups is 3. The van der Waals surface area contributed by atoms with Crippen molar-refractivity contribution in [1.82, 2.24) is 20.4 Å². The summed E-state index contributed by atoms with van der Waals surface area (Å²) in [6.07, 6.45) is 3.79. The molecule has 0 aromatic carbocycles. The SMILES string of the molecule is CCCCOc1noc2c1C(=O)[C@@]1(O[Si](C)(C)C(C)(C)C)C(O)=C3C(=O)c4c(c(N(C)C)nc(NC(=O)CNC(C)(C)C)c4OCCCC)C[C@H]3C[C@H]1[C@@H]2N(C)C. The van der Waals surface area contributed by atoms with Gasteiger partial charge in [0, 0.05) is 36.7 Å². The number of fused-ring (bicyclic) bond motifs is 4. The molecule has 0 saturated heterocycles. The normalized spacial score (nSPS) is 22.2. The summed E-state index contributed by atoms with van der Waals surface area (Å²) >= 11 is 0. The molecule has 3 aliphatic carbocycles. The smallest absolute Gasteiger partial charge is 0.265 e. The molecule has 4 atom stereocenters. The van der Waals surface area contributed by atoms with Gasteiger partial charge in [0.2, 0.25) is 11.7 Å². The first-order chi connectivity index (χ1) is 26.5. The zero-order chi connectivity index (χ0) is 42.4. The minimum atomic E-state index is -2.89. The largest absolute Gasteiger partial charge is 0.508 e. The number of nitrogens with zero attached hydrogens (tertiary/aromatic N) is 4. The molecule has 14 nitrogen and oxygen atoms in total. The van der Waals surface area contributed by atoms with Crippen LogP contribution < -0.4 is 25.0 Å². The second kappa shape index (κ2) is 16.5. The van der Waals surface area contributed by atoms with E-state index in [1.165, 1.54) is 0 Å². The number of nitrogens with one attached hydrogen (secondary N) is 2. The number of hydrogen-bond donors (Lipinski definition) is 3. The Bertz CT molecular complexity index is 1890. The topological polar surface area (TPSA) is 169 Å². The first kappa shape index (κ1) is 44.3. The fourth-order valence-corrected chi connectivity index (χ4v) is 9.36. The molecule has 2 aromatic heterocycles. The molecule has 0 spiro atoms. The molecule has 15 heteroatoms. The van der Waals surface area contributed by atoms with Crippen molar-refractivity contribution in [2.75, 3.05) is 58.2 Å². The van der Waals surface area contributed by atoms with Crippen LogP contribution in [-0.4, -0.2) is 105 Å². The predicted octanol–water partition coefficient (Wildman–Crippen LogP) is 7.27. The number of anilines is 2. The van der Waals surface area contributed by atoms with Crippen molar-refractivity contribution >= 4 is 37.4 Å². The Labute approximate surface area is 339 Å². The minimum absolute atomic E-state index is 0.00871. The Balaban J connectivity index is 1.79. The number of Topliss-reactive ketones (excluding diaryl/α,β-unsaturated/α-hetero) is 2. The maximum atomic E-state index is 15.5. The van der Waals surface area contributed by atoms with Crippen molar-refractivity contribution in [2.24, 2.45) is 11.8 Å². The average Bonchev–Trinajstić information content (AvgIpc) is 3.51. The van der Waals surface area contributed by atoms with Crippen molar-refractivity contribution in [3.05, 3.63) is 33.8 Å². The van der Waals surface area contributed by atoms with E-state index in [4.69, 9.17) is 23.4 Å². The molecule has 0 radical (unpaired) electrons. The van der Waals surface area contributed by atoms with E-state index in [9.17, 15) is 9.90 Å². The van der Waals surface area contributed by atoms with Crippen molar-refractivity contribution in [3.8, 4) is 11.6 Å². The number of hydrogen-bond acceptors (Lipinski definition) is 13. The van der Waals surface area contributed by atoms with Gasteiger partial charge >= 0.3 is 0 Å². The average molecular weight is 811 g/mol. The van der Waals surface area contributed by atoms with Gasteiger partial charge in [0.25, 0.3) is 5.88 Å². The third kappa shape index (κ3) is 8.26. The number of pyridine rings is 1. The molecular weight excluding hydrogens is 745 g/mol. The van der Waals surface area contributed by atoms with Crippen LogP contribution in [0.15, 0.2) is 15.9 Å². The summed E-state index contributed by atoms with van der Waals surface area (Å²) in [5, 5.41) is 23.0. The highest BCUT2D eigenvalue weighted by Gasteiger charge is 2.67. The first-order valence-electron chi connectivity index (χ1n) is 20.5. The van der Waals surface area contributed by atoms with Crippen LogP contribution in [0.25, 0.3) is 0 Å². The van der Waals surface area contributed by atoms with Gasteiger partial charge < -0.3 is 39.1 Å². The number of aliphatic hydroxyl groups is 1. The Morgan fingerprint density at radius 2 is 1.63 bits per heavy atom. The maximum absolute atomic E-state index is 15.5. The Morgan fingerprint density at radius 1 is 1.00 bits per heavy atom. The summed E-state index contributed by atoms with van der Waals surface area (Å²) < 4.78 is 25.7. The third-order valence-electron chi connectivity index (χ3n) is 11.9. The lowest BCUT2D eigenvalue weighted by Crippen LogP contribution is -2.65. The van der Waals surface area contributed by atoms with Gasteiger partial charge in [-0.25, -0.2) is 4.98 Å². The molecule has 5 rings (SSSR count). The van der Waals surface area contributed by atoms with E-state index in [1.807, 2.05) is 85.7 Å². The quantitative estimate of drug-likeness (QED) is 0.122. The number of ketones is 2. The second-order valence-electron chi connectivity index (χ2n) is 18.8. The van der Waals surface area contributed by atoms with Gasteiger partial charge in [-0.05, 0) is 89.8 Å². The fraction of sp³-hybridized carbons (Fsp3) is 0.690. The van der Waals surface area contributed by atoms with Crippen LogP contribution >= 0.6 is 0 Å². The van der Waals surface area contributed by atoms with E-state index >= 15 is 9.59 Å². The van der Waals surface area contributed by atoms with Crippen molar-refractivity contribution < 1.29 is 37.9 Å². The number of aromatic nitrogens is 2. The van der Waals surface area contributed by atoms with Crippen LogP contribution in [0.4, 0.5) is 11.6 Å². The van der Waals surface area contributed by atoms with Crippen LogP contribution in [0.1, 0.15) is 126 Å². The number of rotatable bonds is 15. The van der Waals surface area contributed by atoms with E-state index in [0.717, 1.165) is 19.3 Å². The molecule has 0 fully saturated rings. The molecule has 0 bridgehead atoms. The lowest BCUT2D eigenvalue weighted by atomic mass is 9.58. The Kier molecular flexibility index (Phi) is 12.8. The summed E-state index contributed by atoms with van der Waals surface area (Å²) in [5.41, 5.74) is -1.16. The summed E-state index contributed by atoms with van der Waals surface area (Å²) in [6.45, 7) is 20.9. The summed E-state index contributed by atoms with van der Waals surface area (Å²) in [6, 6.07) is -0.558. The highest BCUT2D eigenvalue weighted by atomic mass is 28.4. The van der Waals surface area contributed by atoms with Gasteiger partial charge in [-0.1, -0.05) is 47.5 Å². The number of unbranched alkanes of at least 4 members (excludes halogenated alkanes) is 2. The highest BCUT2D eigenvalue weighted by molar-refractivity contribution is 6.74.